The monoisotopic (exact) mass is 449 g/mol. The van der Waals surface area contributed by atoms with E-state index in [2.05, 4.69) is 15.6 Å². The normalized spacial score (nSPS) is 18.5. The molecule has 2 N–H and O–H groups in total. The van der Waals surface area contributed by atoms with Crippen molar-refractivity contribution in [3.05, 3.63) is 24.3 Å². The Morgan fingerprint density at radius 3 is 2.83 bits per heavy atom. The Bertz CT molecular complexity index is 508. The number of nitrogens with one attached hydrogen (secondary N) is 2. The third kappa shape index (κ3) is 7.12. The van der Waals surface area contributed by atoms with Crippen LogP contribution in [-0.2, 0) is 4.74 Å². The van der Waals surface area contributed by atoms with Crippen LogP contribution in [0.1, 0.15) is 19.8 Å². The van der Waals surface area contributed by atoms with Gasteiger partial charge >= 0.3 is 0 Å². The van der Waals surface area contributed by atoms with Gasteiger partial charge in [0.2, 0.25) is 0 Å². The van der Waals surface area contributed by atoms with E-state index >= 15 is 0 Å². The van der Waals surface area contributed by atoms with E-state index in [1.54, 1.807) is 14.2 Å². The SMILES string of the molecule is CN=C(NCC(C)Oc1cccc(OC)c1)NCC1CCCO1.I. The van der Waals surface area contributed by atoms with E-state index in [4.69, 9.17) is 14.2 Å². The number of rotatable bonds is 7. The Balaban J connectivity index is 0.00000288. The molecule has 2 atom stereocenters. The van der Waals surface area contributed by atoms with E-state index in [1.165, 1.54) is 0 Å². The molecule has 1 aromatic rings. The summed E-state index contributed by atoms with van der Waals surface area (Å²) in [5.41, 5.74) is 0. The second-order valence-corrected chi connectivity index (χ2v) is 5.58. The summed E-state index contributed by atoms with van der Waals surface area (Å²) < 4.78 is 16.7. The number of aliphatic imine (C=N–C) groups is 1. The summed E-state index contributed by atoms with van der Waals surface area (Å²) >= 11 is 0. The average molecular weight is 449 g/mol. The van der Waals surface area contributed by atoms with Gasteiger partial charge in [0.1, 0.15) is 17.6 Å². The molecule has 0 spiro atoms. The number of nitrogens with zero attached hydrogens (tertiary/aromatic N) is 1. The summed E-state index contributed by atoms with van der Waals surface area (Å²) in [5.74, 6) is 2.35. The summed E-state index contributed by atoms with van der Waals surface area (Å²) in [6, 6.07) is 7.60. The van der Waals surface area contributed by atoms with Crippen molar-refractivity contribution in [2.75, 3.05) is 33.9 Å². The molecule has 136 valence electrons. The van der Waals surface area contributed by atoms with Crippen molar-refractivity contribution in [2.45, 2.75) is 32.0 Å². The van der Waals surface area contributed by atoms with Crippen molar-refractivity contribution < 1.29 is 14.2 Å². The molecule has 1 fully saturated rings. The summed E-state index contributed by atoms with van der Waals surface area (Å²) in [5, 5.41) is 6.56. The maximum Gasteiger partial charge on any atom is 0.191 e. The van der Waals surface area contributed by atoms with Crippen LogP contribution in [0.4, 0.5) is 0 Å². The molecular weight excluding hydrogens is 421 g/mol. The molecule has 1 aromatic carbocycles. The zero-order chi connectivity index (χ0) is 16.5. The Hall–Kier alpha value is -1.22. The molecule has 0 aliphatic carbocycles. The third-order valence-corrected chi connectivity index (χ3v) is 3.68. The highest BCUT2D eigenvalue weighted by atomic mass is 127. The molecule has 0 amide bonds. The summed E-state index contributed by atoms with van der Waals surface area (Å²) in [4.78, 5) is 4.22. The van der Waals surface area contributed by atoms with Gasteiger partial charge in [-0.3, -0.25) is 4.99 Å². The van der Waals surface area contributed by atoms with Gasteiger partial charge in [-0.25, -0.2) is 0 Å². The number of methoxy groups -OCH3 is 1. The van der Waals surface area contributed by atoms with Gasteiger partial charge in [-0.05, 0) is 31.9 Å². The van der Waals surface area contributed by atoms with Crippen LogP contribution in [0.25, 0.3) is 0 Å². The van der Waals surface area contributed by atoms with E-state index in [0.717, 1.165) is 43.5 Å². The first kappa shape index (κ1) is 20.8. The number of guanidine groups is 1. The number of hydrogen-bond acceptors (Lipinski definition) is 4. The molecule has 1 aliphatic rings. The molecule has 0 saturated carbocycles. The Morgan fingerprint density at radius 1 is 1.38 bits per heavy atom. The van der Waals surface area contributed by atoms with Crippen molar-refractivity contribution in [1.82, 2.24) is 10.6 Å². The quantitative estimate of drug-likeness (QED) is 0.381. The van der Waals surface area contributed by atoms with E-state index in [0.29, 0.717) is 12.6 Å². The van der Waals surface area contributed by atoms with Gasteiger partial charge in [-0.15, -0.1) is 24.0 Å². The summed E-state index contributed by atoms with van der Waals surface area (Å²) in [6.07, 6.45) is 2.55. The highest BCUT2D eigenvalue weighted by molar-refractivity contribution is 14.0. The van der Waals surface area contributed by atoms with Crippen molar-refractivity contribution in [1.29, 1.82) is 0 Å². The zero-order valence-corrected chi connectivity index (χ0v) is 16.9. The molecule has 0 radical (unpaired) electrons. The topological polar surface area (TPSA) is 64.1 Å². The molecule has 1 saturated heterocycles. The maximum atomic E-state index is 5.88. The average Bonchev–Trinajstić information content (AvgIpc) is 3.08. The van der Waals surface area contributed by atoms with Gasteiger partial charge in [0.05, 0.1) is 19.8 Å². The lowest BCUT2D eigenvalue weighted by Gasteiger charge is -2.19. The van der Waals surface area contributed by atoms with Gasteiger partial charge in [-0.1, -0.05) is 6.07 Å². The highest BCUT2D eigenvalue weighted by Gasteiger charge is 2.15. The molecule has 6 nitrogen and oxygen atoms in total. The fourth-order valence-electron chi connectivity index (χ4n) is 2.43. The third-order valence-electron chi connectivity index (χ3n) is 3.68. The minimum absolute atomic E-state index is 0. The van der Waals surface area contributed by atoms with Gasteiger partial charge in [-0.2, -0.15) is 0 Å². The lowest BCUT2D eigenvalue weighted by molar-refractivity contribution is 0.113. The smallest absolute Gasteiger partial charge is 0.191 e. The van der Waals surface area contributed by atoms with Crippen LogP contribution in [0.15, 0.2) is 29.3 Å². The zero-order valence-electron chi connectivity index (χ0n) is 14.6. The van der Waals surface area contributed by atoms with Crippen molar-refractivity contribution in [2.24, 2.45) is 4.99 Å². The van der Waals surface area contributed by atoms with Crippen molar-refractivity contribution in [3.8, 4) is 11.5 Å². The van der Waals surface area contributed by atoms with Crippen molar-refractivity contribution in [3.63, 3.8) is 0 Å². The second-order valence-electron chi connectivity index (χ2n) is 5.58. The van der Waals surface area contributed by atoms with Gasteiger partial charge in [0.15, 0.2) is 5.96 Å². The molecule has 2 rings (SSSR count). The molecule has 24 heavy (non-hydrogen) atoms. The number of ether oxygens (including phenoxy) is 3. The van der Waals surface area contributed by atoms with Gasteiger partial charge in [0, 0.05) is 26.3 Å². The summed E-state index contributed by atoms with van der Waals surface area (Å²) in [6.45, 7) is 4.32. The fourth-order valence-corrected chi connectivity index (χ4v) is 2.43. The second kappa shape index (κ2) is 11.4. The Kier molecular flexibility index (Phi) is 9.85. The Morgan fingerprint density at radius 2 is 2.17 bits per heavy atom. The van der Waals surface area contributed by atoms with Crippen LogP contribution in [0.3, 0.4) is 0 Å². The largest absolute Gasteiger partial charge is 0.497 e. The highest BCUT2D eigenvalue weighted by Crippen LogP contribution is 2.19. The predicted molar refractivity (Wildman–Crippen MR) is 107 cm³/mol. The van der Waals surface area contributed by atoms with Crippen molar-refractivity contribution >= 4 is 29.9 Å². The van der Waals surface area contributed by atoms with E-state index in [1.807, 2.05) is 31.2 Å². The molecular formula is C17H28IN3O3. The molecule has 0 aromatic heterocycles. The molecule has 7 heteroatoms. The first-order valence-corrected chi connectivity index (χ1v) is 8.08. The standard InChI is InChI=1S/C17H27N3O3.HI/c1-13(23-15-7-4-6-14(10-15)21-3)11-19-17(18-2)20-12-16-8-5-9-22-16;/h4,6-7,10,13,16H,5,8-9,11-12H2,1-3H3,(H2,18,19,20);1H. The summed E-state index contributed by atoms with van der Waals surface area (Å²) in [7, 11) is 3.41. The van der Waals surface area contributed by atoms with Gasteiger partial charge in [0.25, 0.3) is 0 Å². The lowest BCUT2D eigenvalue weighted by atomic mass is 10.2. The number of benzene rings is 1. The number of halogens is 1. The van der Waals surface area contributed by atoms with Crippen LogP contribution < -0.4 is 20.1 Å². The van der Waals surface area contributed by atoms with Crippen LogP contribution in [-0.4, -0.2) is 52.0 Å². The molecule has 2 unspecified atom stereocenters. The molecule has 0 bridgehead atoms. The lowest BCUT2D eigenvalue weighted by Crippen LogP contribution is -2.44. The Labute approximate surface area is 161 Å². The van der Waals surface area contributed by atoms with E-state index in [9.17, 15) is 0 Å². The first-order chi connectivity index (χ1) is 11.2. The van der Waals surface area contributed by atoms with Crippen LogP contribution in [0.2, 0.25) is 0 Å². The van der Waals surface area contributed by atoms with Crippen LogP contribution >= 0.6 is 24.0 Å². The number of hydrogen-bond donors (Lipinski definition) is 2. The predicted octanol–water partition coefficient (Wildman–Crippen LogP) is 2.42. The minimum Gasteiger partial charge on any atom is -0.497 e. The first-order valence-electron chi connectivity index (χ1n) is 8.08. The van der Waals surface area contributed by atoms with Gasteiger partial charge < -0.3 is 24.8 Å². The van der Waals surface area contributed by atoms with E-state index in [-0.39, 0.29) is 30.1 Å². The van der Waals surface area contributed by atoms with Crippen LogP contribution in [0.5, 0.6) is 11.5 Å². The van der Waals surface area contributed by atoms with Crippen LogP contribution in [0, 0.1) is 0 Å². The molecule has 1 heterocycles. The van der Waals surface area contributed by atoms with E-state index < -0.39 is 0 Å². The maximum absolute atomic E-state index is 5.88. The fraction of sp³-hybridized carbons (Fsp3) is 0.588. The molecule has 1 aliphatic heterocycles. The minimum atomic E-state index is 0.